The Hall–Kier alpha value is -4.73. The summed E-state index contributed by atoms with van der Waals surface area (Å²) in [6.45, 7) is 0.266. The Bertz CT molecular complexity index is 1580. The molecule has 0 aliphatic heterocycles. The van der Waals surface area contributed by atoms with Crippen molar-refractivity contribution in [3.8, 4) is 29.0 Å². The van der Waals surface area contributed by atoms with Crippen molar-refractivity contribution in [2.45, 2.75) is 6.54 Å². The number of hydrogen-bond donors (Lipinski definition) is 1. The van der Waals surface area contributed by atoms with Crippen LogP contribution in [0.4, 0.5) is 0 Å². The Morgan fingerprint density at radius 2 is 1.94 bits per heavy atom. The lowest BCUT2D eigenvalue weighted by atomic mass is 9.99. The molecule has 0 saturated heterocycles. The van der Waals surface area contributed by atoms with Gasteiger partial charge in [-0.2, -0.15) is 10.5 Å². The lowest BCUT2D eigenvalue weighted by Gasteiger charge is -2.14. The highest BCUT2D eigenvalue weighted by Crippen LogP contribution is 2.34. The summed E-state index contributed by atoms with van der Waals surface area (Å²) in [4.78, 5) is 32.4. The van der Waals surface area contributed by atoms with Crippen molar-refractivity contribution < 1.29 is 14.6 Å². The van der Waals surface area contributed by atoms with E-state index in [2.05, 4.69) is 9.97 Å². The number of halogens is 1. The number of benzene rings is 2. The third-order valence-electron chi connectivity index (χ3n) is 5.04. The molecule has 2 aromatic heterocycles. The van der Waals surface area contributed by atoms with Crippen molar-refractivity contribution in [2.24, 2.45) is 0 Å². The molecule has 0 radical (unpaired) electrons. The molecule has 0 fully saturated rings. The van der Waals surface area contributed by atoms with E-state index >= 15 is 0 Å². The van der Waals surface area contributed by atoms with Crippen molar-refractivity contribution in [3.05, 3.63) is 87.2 Å². The molecule has 2 heterocycles. The van der Waals surface area contributed by atoms with Gasteiger partial charge < -0.3 is 9.84 Å². The maximum atomic E-state index is 12.8. The highest BCUT2D eigenvalue weighted by atomic mass is 35.5. The minimum absolute atomic E-state index is 0.0404. The zero-order valence-corrected chi connectivity index (χ0v) is 18.2. The first-order valence-electron chi connectivity index (χ1n) is 9.86. The van der Waals surface area contributed by atoms with Crippen LogP contribution in [-0.2, 0) is 6.54 Å². The number of aromatic carboxylic acids is 1. The van der Waals surface area contributed by atoms with Crippen LogP contribution in [0.15, 0.2) is 59.8 Å². The molecule has 2 aromatic carbocycles. The van der Waals surface area contributed by atoms with Crippen molar-refractivity contribution in [2.75, 3.05) is 6.61 Å². The van der Waals surface area contributed by atoms with Crippen LogP contribution in [-0.4, -0.2) is 32.2 Å². The second-order valence-electron chi connectivity index (χ2n) is 7.11. The Balaban J connectivity index is 1.61. The predicted octanol–water partition coefficient (Wildman–Crippen LogP) is 3.63. The summed E-state index contributed by atoms with van der Waals surface area (Å²) in [5.74, 6) is -0.802. The van der Waals surface area contributed by atoms with Crippen LogP contribution >= 0.6 is 11.6 Å². The molecule has 0 spiro atoms. The molecule has 4 aromatic rings. The van der Waals surface area contributed by atoms with Crippen LogP contribution in [0.3, 0.4) is 0 Å². The second kappa shape index (κ2) is 9.41. The molecule has 4 rings (SSSR count). The largest absolute Gasteiger partial charge is 0.491 e. The van der Waals surface area contributed by atoms with Gasteiger partial charge in [0, 0.05) is 10.6 Å². The lowest BCUT2D eigenvalue weighted by molar-refractivity contribution is 0.0696. The zero-order chi connectivity index (χ0) is 24.2. The van der Waals surface area contributed by atoms with Gasteiger partial charge >= 0.3 is 5.97 Å². The van der Waals surface area contributed by atoms with Crippen LogP contribution in [0.5, 0.6) is 5.75 Å². The molecular formula is C24H14ClN5O4. The molecule has 0 unspecified atom stereocenters. The third kappa shape index (κ3) is 4.42. The lowest BCUT2D eigenvalue weighted by Crippen LogP contribution is -2.23. The maximum absolute atomic E-state index is 12.8. The molecule has 0 atom stereocenters. The first kappa shape index (κ1) is 22.5. The highest BCUT2D eigenvalue weighted by Gasteiger charge is 2.15. The van der Waals surface area contributed by atoms with E-state index < -0.39 is 5.97 Å². The van der Waals surface area contributed by atoms with Gasteiger partial charge in [-0.05, 0) is 42.0 Å². The number of ether oxygens (including phenoxy) is 1. The zero-order valence-electron chi connectivity index (χ0n) is 17.4. The van der Waals surface area contributed by atoms with Crippen molar-refractivity contribution in [1.29, 1.82) is 10.5 Å². The summed E-state index contributed by atoms with van der Waals surface area (Å²) >= 11 is 6.15. The Kier molecular flexibility index (Phi) is 6.22. The molecule has 0 bridgehead atoms. The second-order valence-corrected chi connectivity index (χ2v) is 7.54. The van der Waals surface area contributed by atoms with Crippen LogP contribution in [0, 0.1) is 22.7 Å². The quantitative estimate of drug-likeness (QED) is 0.449. The van der Waals surface area contributed by atoms with Gasteiger partial charge in [-0.15, -0.1) is 0 Å². The highest BCUT2D eigenvalue weighted by molar-refractivity contribution is 6.31. The molecule has 9 nitrogen and oxygen atoms in total. The van der Waals surface area contributed by atoms with E-state index in [1.807, 2.05) is 12.1 Å². The number of hydrogen-bond acceptors (Lipinski definition) is 7. The van der Waals surface area contributed by atoms with Gasteiger partial charge in [0.25, 0.3) is 5.56 Å². The van der Waals surface area contributed by atoms with E-state index in [1.165, 1.54) is 35.3 Å². The van der Waals surface area contributed by atoms with Gasteiger partial charge in [-0.25, -0.2) is 14.8 Å². The SMILES string of the molecule is N#Cc1cc2c(=O)n(CCOc3ccc(Cl)cc3-c3ccc(C#N)c(C(=O)O)c3)cnc2cn1. The summed E-state index contributed by atoms with van der Waals surface area (Å²) in [7, 11) is 0. The monoisotopic (exact) mass is 471 g/mol. The number of nitrogens with zero attached hydrogens (tertiary/aromatic N) is 5. The molecule has 0 saturated carbocycles. The predicted molar refractivity (Wildman–Crippen MR) is 123 cm³/mol. The van der Waals surface area contributed by atoms with Crippen LogP contribution in [0.1, 0.15) is 21.6 Å². The smallest absolute Gasteiger partial charge is 0.337 e. The van der Waals surface area contributed by atoms with Gasteiger partial charge in [0.15, 0.2) is 0 Å². The van der Waals surface area contributed by atoms with E-state index in [1.54, 1.807) is 24.3 Å². The Morgan fingerprint density at radius 1 is 1.12 bits per heavy atom. The van der Waals surface area contributed by atoms with Crippen LogP contribution in [0.25, 0.3) is 22.0 Å². The molecular weight excluding hydrogens is 458 g/mol. The number of fused-ring (bicyclic) bond motifs is 1. The van der Waals surface area contributed by atoms with Crippen LogP contribution < -0.4 is 10.3 Å². The van der Waals surface area contributed by atoms with Crippen molar-refractivity contribution in [3.63, 3.8) is 0 Å². The Labute approximate surface area is 197 Å². The fourth-order valence-corrected chi connectivity index (χ4v) is 3.55. The number of aromatic nitrogens is 3. The molecule has 10 heteroatoms. The summed E-state index contributed by atoms with van der Waals surface area (Å²) < 4.78 is 7.26. The molecule has 166 valence electrons. The van der Waals surface area contributed by atoms with Gasteiger partial charge in [0.2, 0.25) is 0 Å². The van der Waals surface area contributed by atoms with Crippen molar-refractivity contribution in [1.82, 2.24) is 14.5 Å². The van der Waals surface area contributed by atoms with E-state index in [0.717, 1.165) is 0 Å². The maximum Gasteiger partial charge on any atom is 0.337 e. The fourth-order valence-electron chi connectivity index (χ4n) is 3.38. The third-order valence-corrected chi connectivity index (χ3v) is 5.27. The first-order chi connectivity index (χ1) is 16.4. The van der Waals surface area contributed by atoms with E-state index in [-0.39, 0.29) is 40.9 Å². The number of nitriles is 2. The van der Waals surface area contributed by atoms with Gasteiger partial charge in [0.05, 0.1) is 41.1 Å². The van der Waals surface area contributed by atoms with Gasteiger partial charge in [-0.1, -0.05) is 17.7 Å². The summed E-state index contributed by atoms with van der Waals surface area (Å²) in [5.41, 5.74) is 1.13. The topological polar surface area (TPSA) is 142 Å². The van der Waals surface area contributed by atoms with Crippen molar-refractivity contribution >= 4 is 28.5 Å². The molecule has 0 aliphatic carbocycles. The number of carboxylic acid groups (broad SMARTS) is 1. The van der Waals surface area contributed by atoms with Gasteiger partial charge in [-0.3, -0.25) is 9.36 Å². The molecule has 0 amide bonds. The minimum atomic E-state index is -1.22. The van der Waals surface area contributed by atoms with E-state index in [9.17, 15) is 14.7 Å². The Morgan fingerprint density at radius 3 is 2.68 bits per heavy atom. The molecule has 1 N–H and O–H groups in total. The average molecular weight is 472 g/mol. The van der Waals surface area contributed by atoms with Gasteiger partial charge in [0.1, 0.15) is 30.2 Å². The molecule has 34 heavy (non-hydrogen) atoms. The minimum Gasteiger partial charge on any atom is -0.491 e. The fraction of sp³-hybridized carbons (Fsp3) is 0.0833. The summed E-state index contributed by atoms with van der Waals surface area (Å²) in [6, 6.07) is 14.5. The van der Waals surface area contributed by atoms with E-state index in [0.29, 0.717) is 27.4 Å². The number of carbonyl (C=O) groups is 1. The number of carboxylic acids is 1. The van der Waals surface area contributed by atoms with E-state index in [4.69, 9.17) is 26.9 Å². The standard InChI is InChI=1S/C24H14ClN5O4/c25-16-3-4-22(18(8-16)14-1-2-15(10-26)19(7-14)24(32)33)34-6-5-30-13-29-21-12-28-17(11-27)9-20(21)23(30)31/h1-4,7-9,12-13H,5-6H2,(H,32,33). The number of pyridine rings is 1. The van der Waals surface area contributed by atoms with Crippen LogP contribution in [0.2, 0.25) is 5.02 Å². The average Bonchev–Trinajstić information content (AvgIpc) is 2.85. The first-order valence-corrected chi connectivity index (χ1v) is 10.2. The number of rotatable bonds is 6. The summed E-state index contributed by atoms with van der Waals surface area (Å²) in [6.07, 6.45) is 2.75. The molecule has 0 aliphatic rings. The normalized spacial score (nSPS) is 10.4. The summed E-state index contributed by atoms with van der Waals surface area (Å²) in [5, 5.41) is 28.3.